The van der Waals surface area contributed by atoms with E-state index in [0.717, 1.165) is 5.56 Å². The molecule has 0 bridgehead atoms. The van der Waals surface area contributed by atoms with E-state index < -0.39 is 0 Å². The van der Waals surface area contributed by atoms with Gasteiger partial charge in [-0.25, -0.2) is 0 Å². The van der Waals surface area contributed by atoms with E-state index in [2.05, 4.69) is 10.2 Å². The van der Waals surface area contributed by atoms with Crippen LogP contribution in [-0.4, -0.2) is 58.6 Å². The number of aromatic nitrogens is 3. The molecule has 2 aromatic rings. The van der Waals surface area contributed by atoms with Gasteiger partial charge in [0.2, 0.25) is 5.91 Å². The molecule has 8 heteroatoms. The average molecular weight is 364 g/mol. The van der Waals surface area contributed by atoms with Crippen LogP contribution in [0.4, 0.5) is 0 Å². The lowest BCUT2D eigenvalue weighted by atomic mass is 10.2. The zero-order chi connectivity index (χ0) is 18.4. The Kier molecular flexibility index (Phi) is 6.69. The minimum absolute atomic E-state index is 0.102. The molecule has 0 aliphatic rings. The van der Waals surface area contributed by atoms with Gasteiger partial charge in [0.1, 0.15) is 0 Å². The summed E-state index contributed by atoms with van der Waals surface area (Å²) < 4.78 is 12.5. The Balaban J connectivity index is 2.17. The molecule has 25 heavy (non-hydrogen) atoms. The summed E-state index contributed by atoms with van der Waals surface area (Å²) in [4.78, 5) is 13.9. The van der Waals surface area contributed by atoms with Gasteiger partial charge in [-0.3, -0.25) is 4.79 Å². The number of thioether (sulfide) groups is 1. The normalized spacial score (nSPS) is 10.6. The van der Waals surface area contributed by atoms with Crippen molar-refractivity contribution in [1.82, 2.24) is 19.7 Å². The summed E-state index contributed by atoms with van der Waals surface area (Å²) >= 11 is 1.39. The molecule has 1 heterocycles. The maximum atomic E-state index is 12.1. The molecule has 136 valence electrons. The fraction of sp³-hybridized carbons (Fsp3) is 0.471. The molecular weight excluding hydrogens is 340 g/mol. The van der Waals surface area contributed by atoms with Gasteiger partial charge in [0.05, 0.1) is 20.0 Å². The Morgan fingerprint density at radius 1 is 1.16 bits per heavy atom. The first-order valence-electron chi connectivity index (χ1n) is 8.08. The van der Waals surface area contributed by atoms with Gasteiger partial charge in [0, 0.05) is 25.7 Å². The summed E-state index contributed by atoms with van der Waals surface area (Å²) in [7, 11) is 5.08. The molecule has 0 N–H and O–H groups in total. The molecule has 0 radical (unpaired) electrons. The monoisotopic (exact) mass is 364 g/mol. The molecular formula is C17H24N4O3S. The number of hydrogen-bond donors (Lipinski definition) is 0. The van der Waals surface area contributed by atoms with E-state index in [1.807, 2.05) is 43.7 Å². The summed E-state index contributed by atoms with van der Waals surface area (Å²) in [5, 5.41) is 9.16. The van der Waals surface area contributed by atoms with E-state index in [1.54, 1.807) is 19.1 Å². The van der Waals surface area contributed by atoms with Gasteiger partial charge in [-0.1, -0.05) is 11.8 Å². The maximum absolute atomic E-state index is 12.1. The highest BCUT2D eigenvalue weighted by atomic mass is 32.2. The SMILES string of the molecule is CCN(CC)C(=O)CSc1nnc(-c2ccc(OC)c(OC)c2)n1C. The fourth-order valence-corrected chi connectivity index (χ4v) is 3.27. The third kappa shape index (κ3) is 4.25. The molecule has 1 amide bonds. The topological polar surface area (TPSA) is 69.5 Å². The number of methoxy groups -OCH3 is 2. The molecule has 7 nitrogen and oxygen atoms in total. The van der Waals surface area contributed by atoms with Crippen LogP contribution in [0.25, 0.3) is 11.4 Å². The lowest BCUT2D eigenvalue weighted by molar-refractivity contribution is -0.127. The lowest BCUT2D eigenvalue weighted by Crippen LogP contribution is -2.31. The predicted octanol–water partition coefficient (Wildman–Crippen LogP) is 2.46. The van der Waals surface area contributed by atoms with Gasteiger partial charge in [-0.15, -0.1) is 10.2 Å². The van der Waals surface area contributed by atoms with Gasteiger partial charge >= 0.3 is 0 Å². The fourth-order valence-electron chi connectivity index (χ4n) is 2.46. The zero-order valence-corrected chi connectivity index (χ0v) is 16.1. The van der Waals surface area contributed by atoms with Crippen molar-refractivity contribution in [2.24, 2.45) is 7.05 Å². The summed E-state index contributed by atoms with van der Waals surface area (Å²) in [6, 6.07) is 5.60. The van der Waals surface area contributed by atoms with E-state index in [-0.39, 0.29) is 5.91 Å². The van der Waals surface area contributed by atoms with Crippen molar-refractivity contribution in [2.75, 3.05) is 33.1 Å². The first-order valence-corrected chi connectivity index (χ1v) is 9.06. The highest BCUT2D eigenvalue weighted by molar-refractivity contribution is 7.99. The van der Waals surface area contributed by atoms with Crippen molar-refractivity contribution >= 4 is 17.7 Å². The molecule has 0 fully saturated rings. The van der Waals surface area contributed by atoms with Crippen LogP contribution in [0.1, 0.15) is 13.8 Å². The molecule has 0 saturated carbocycles. The molecule has 2 rings (SSSR count). The number of nitrogens with zero attached hydrogens (tertiary/aromatic N) is 4. The number of ether oxygens (including phenoxy) is 2. The molecule has 0 aliphatic carbocycles. The molecule has 1 aromatic heterocycles. The Labute approximate surface area is 152 Å². The first kappa shape index (κ1) is 19.1. The van der Waals surface area contributed by atoms with Gasteiger partial charge < -0.3 is 18.9 Å². The summed E-state index contributed by atoms with van der Waals surface area (Å²) in [6.45, 7) is 5.38. The molecule has 0 atom stereocenters. The number of amides is 1. The molecule has 0 spiro atoms. The van der Waals surface area contributed by atoms with E-state index in [4.69, 9.17) is 9.47 Å². The van der Waals surface area contributed by atoms with Crippen molar-refractivity contribution in [3.8, 4) is 22.9 Å². The Morgan fingerprint density at radius 2 is 1.84 bits per heavy atom. The largest absolute Gasteiger partial charge is 0.493 e. The maximum Gasteiger partial charge on any atom is 0.233 e. The van der Waals surface area contributed by atoms with E-state index in [9.17, 15) is 4.79 Å². The zero-order valence-electron chi connectivity index (χ0n) is 15.3. The van der Waals surface area contributed by atoms with Crippen LogP contribution in [0.2, 0.25) is 0 Å². The van der Waals surface area contributed by atoms with E-state index in [1.165, 1.54) is 11.8 Å². The highest BCUT2D eigenvalue weighted by Gasteiger charge is 2.16. The second-order valence-electron chi connectivity index (χ2n) is 5.29. The molecule has 1 aromatic carbocycles. The van der Waals surface area contributed by atoms with Gasteiger partial charge in [-0.05, 0) is 32.0 Å². The highest BCUT2D eigenvalue weighted by Crippen LogP contribution is 2.32. The third-order valence-corrected chi connectivity index (χ3v) is 4.92. The molecule has 0 saturated heterocycles. The number of carbonyl (C=O) groups excluding carboxylic acids is 1. The number of rotatable bonds is 8. The summed E-state index contributed by atoms with van der Waals surface area (Å²) in [5.74, 6) is 2.45. The van der Waals surface area contributed by atoms with Gasteiger partial charge in [0.25, 0.3) is 0 Å². The summed E-state index contributed by atoms with van der Waals surface area (Å²) in [6.07, 6.45) is 0. The van der Waals surface area contributed by atoms with Crippen molar-refractivity contribution in [1.29, 1.82) is 0 Å². The minimum Gasteiger partial charge on any atom is -0.493 e. The second kappa shape index (κ2) is 8.75. The first-order chi connectivity index (χ1) is 12.0. The predicted molar refractivity (Wildman–Crippen MR) is 98.2 cm³/mol. The van der Waals surface area contributed by atoms with E-state index >= 15 is 0 Å². The third-order valence-electron chi connectivity index (χ3n) is 3.92. The van der Waals surface area contributed by atoms with Crippen molar-refractivity contribution < 1.29 is 14.3 Å². The Bertz CT molecular complexity index is 729. The Hall–Kier alpha value is -2.22. The number of benzene rings is 1. The number of hydrogen-bond acceptors (Lipinski definition) is 6. The average Bonchev–Trinajstić information content (AvgIpc) is 3.00. The Morgan fingerprint density at radius 3 is 2.44 bits per heavy atom. The van der Waals surface area contributed by atoms with Crippen LogP contribution in [0.3, 0.4) is 0 Å². The van der Waals surface area contributed by atoms with Gasteiger partial charge in [0.15, 0.2) is 22.5 Å². The summed E-state index contributed by atoms with van der Waals surface area (Å²) in [5.41, 5.74) is 0.870. The van der Waals surface area contributed by atoms with Crippen LogP contribution in [0.15, 0.2) is 23.4 Å². The minimum atomic E-state index is 0.102. The standard InChI is InChI=1S/C17H24N4O3S/c1-6-21(7-2)15(22)11-25-17-19-18-16(20(17)3)12-8-9-13(23-4)14(10-12)24-5/h8-10H,6-7,11H2,1-5H3. The van der Waals surface area contributed by atoms with Gasteiger partial charge in [-0.2, -0.15) is 0 Å². The van der Waals surface area contributed by atoms with Crippen LogP contribution in [0, 0.1) is 0 Å². The number of carbonyl (C=O) groups is 1. The van der Waals surface area contributed by atoms with Crippen molar-refractivity contribution in [3.63, 3.8) is 0 Å². The van der Waals surface area contributed by atoms with E-state index in [0.29, 0.717) is 41.3 Å². The van der Waals surface area contributed by atoms with Crippen molar-refractivity contribution in [3.05, 3.63) is 18.2 Å². The smallest absolute Gasteiger partial charge is 0.233 e. The molecule has 0 unspecified atom stereocenters. The lowest BCUT2D eigenvalue weighted by Gasteiger charge is -2.17. The second-order valence-corrected chi connectivity index (χ2v) is 6.23. The van der Waals surface area contributed by atoms with Crippen molar-refractivity contribution in [2.45, 2.75) is 19.0 Å². The van der Waals surface area contributed by atoms with Crippen LogP contribution in [0.5, 0.6) is 11.5 Å². The molecule has 0 aliphatic heterocycles. The van der Waals surface area contributed by atoms with Crippen LogP contribution < -0.4 is 9.47 Å². The quantitative estimate of drug-likeness (QED) is 0.670. The van der Waals surface area contributed by atoms with Crippen LogP contribution >= 0.6 is 11.8 Å². The van der Waals surface area contributed by atoms with Crippen LogP contribution in [-0.2, 0) is 11.8 Å².